The monoisotopic (exact) mass is 289 g/mol. The standard InChI is InChI=1S/C18H27NO2/c1-13(2)15-8-6-14(7-9-15)12-19-11-5-10-18(3,4)16(19)17(20)21/h6-9,13,16H,5,10-12H2,1-4H3,(H,20,21). The highest BCUT2D eigenvalue weighted by molar-refractivity contribution is 5.74. The lowest BCUT2D eigenvalue weighted by Crippen LogP contribution is -2.53. The van der Waals surface area contributed by atoms with Gasteiger partial charge in [0.25, 0.3) is 0 Å². The van der Waals surface area contributed by atoms with Gasteiger partial charge in [-0.2, -0.15) is 0 Å². The Morgan fingerprint density at radius 2 is 1.95 bits per heavy atom. The summed E-state index contributed by atoms with van der Waals surface area (Å²) in [6.45, 7) is 10.1. The number of piperidine rings is 1. The van der Waals surface area contributed by atoms with Crippen LogP contribution in [0.5, 0.6) is 0 Å². The Hall–Kier alpha value is -1.35. The van der Waals surface area contributed by atoms with E-state index in [1.807, 2.05) is 0 Å². The number of nitrogens with zero attached hydrogens (tertiary/aromatic N) is 1. The van der Waals surface area contributed by atoms with Gasteiger partial charge in [0.15, 0.2) is 0 Å². The largest absolute Gasteiger partial charge is 0.480 e. The maximum atomic E-state index is 11.7. The first-order valence-electron chi connectivity index (χ1n) is 7.87. The highest BCUT2D eigenvalue weighted by Gasteiger charge is 2.42. The first kappa shape index (κ1) is 16.0. The fourth-order valence-electron chi connectivity index (χ4n) is 3.40. The molecular formula is C18H27NO2. The van der Waals surface area contributed by atoms with Crippen molar-refractivity contribution in [3.05, 3.63) is 35.4 Å². The molecule has 1 fully saturated rings. The molecule has 1 N–H and O–H groups in total. The highest BCUT2D eigenvalue weighted by Crippen LogP contribution is 2.36. The zero-order chi connectivity index (χ0) is 15.6. The van der Waals surface area contributed by atoms with Gasteiger partial charge in [0.2, 0.25) is 0 Å². The number of carbonyl (C=O) groups is 1. The van der Waals surface area contributed by atoms with Crippen molar-refractivity contribution in [2.24, 2.45) is 5.41 Å². The SMILES string of the molecule is CC(C)c1ccc(CN2CCCC(C)(C)C2C(=O)O)cc1. The van der Waals surface area contributed by atoms with Crippen molar-refractivity contribution in [3.8, 4) is 0 Å². The summed E-state index contributed by atoms with van der Waals surface area (Å²) in [7, 11) is 0. The summed E-state index contributed by atoms with van der Waals surface area (Å²) in [4.78, 5) is 13.8. The first-order chi connectivity index (χ1) is 9.81. The minimum absolute atomic E-state index is 0.165. The Morgan fingerprint density at radius 1 is 1.33 bits per heavy atom. The summed E-state index contributed by atoms with van der Waals surface area (Å²) in [5.41, 5.74) is 2.36. The summed E-state index contributed by atoms with van der Waals surface area (Å²) >= 11 is 0. The topological polar surface area (TPSA) is 40.5 Å². The predicted molar refractivity (Wildman–Crippen MR) is 85.4 cm³/mol. The average Bonchev–Trinajstić information content (AvgIpc) is 2.37. The summed E-state index contributed by atoms with van der Waals surface area (Å²) in [6, 6.07) is 8.19. The van der Waals surface area contributed by atoms with Gasteiger partial charge in [0.1, 0.15) is 6.04 Å². The summed E-state index contributed by atoms with van der Waals surface area (Å²) < 4.78 is 0. The summed E-state index contributed by atoms with van der Waals surface area (Å²) in [6.07, 6.45) is 2.05. The van der Waals surface area contributed by atoms with Crippen molar-refractivity contribution < 1.29 is 9.90 Å². The fraction of sp³-hybridized carbons (Fsp3) is 0.611. The number of aliphatic carboxylic acids is 1. The predicted octanol–water partition coefficient (Wildman–Crippen LogP) is 3.89. The van der Waals surface area contributed by atoms with Gasteiger partial charge in [-0.1, -0.05) is 52.0 Å². The molecule has 0 bridgehead atoms. The molecule has 1 aliphatic rings. The van der Waals surface area contributed by atoms with E-state index in [0.717, 1.165) is 25.9 Å². The summed E-state index contributed by atoms with van der Waals surface area (Å²) in [5, 5.41) is 9.60. The molecule has 21 heavy (non-hydrogen) atoms. The molecule has 3 heteroatoms. The third-order valence-corrected chi connectivity index (χ3v) is 4.64. The molecule has 0 aliphatic carbocycles. The fourth-order valence-corrected chi connectivity index (χ4v) is 3.40. The van der Waals surface area contributed by atoms with Crippen molar-refractivity contribution >= 4 is 5.97 Å². The second-order valence-corrected chi connectivity index (χ2v) is 7.20. The molecule has 1 aliphatic heterocycles. The second kappa shape index (κ2) is 6.18. The van der Waals surface area contributed by atoms with Gasteiger partial charge in [-0.15, -0.1) is 0 Å². The van der Waals surface area contributed by atoms with E-state index in [1.165, 1.54) is 11.1 Å². The van der Waals surface area contributed by atoms with Gasteiger partial charge in [0, 0.05) is 6.54 Å². The van der Waals surface area contributed by atoms with Crippen molar-refractivity contribution in [2.45, 2.75) is 59.0 Å². The molecule has 2 rings (SSSR count). The van der Waals surface area contributed by atoms with Crippen LogP contribution in [-0.4, -0.2) is 28.6 Å². The molecule has 1 heterocycles. The Kier molecular flexibility index (Phi) is 4.72. The molecule has 3 nitrogen and oxygen atoms in total. The van der Waals surface area contributed by atoms with Crippen molar-refractivity contribution in [2.75, 3.05) is 6.54 Å². The number of hydrogen-bond donors (Lipinski definition) is 1. The number of hydrogen-bond acceptors (Lipinski definition) is 2. The smallest absolute Gasteiger partial charge is 0.321 e. The van der Waals surface area contributed by atoms with Crippen LogP contribution in [0, 0.1) is 5.41 Å². The van der Waals surface area contributed by atoms with E-state index in [4.69, 9.17) is 0 Å². The molecule has 1 saturated heterocycles. The number of benzene rings is 1. The van der Waals surface area contributed by atoms with Crippen molar-refractivity contribution in [3.63, 3.8) is 0 Å². The molecule has 0 radical (unpaired) electrons. The first-order valence-corrected chi connectivity index (χ1v) is 7.87. The second-order valence-electron chi connectivity index (χ2n) is 7.20. The molecule has 116 valence electrons. The minimum Gasteiger partial charge on any atom is -0.480 e. The Labute approximate surface area is 128 Å². The van der Waals surface area contributed by atoms with E-state index in [-0.39, 0.29) is 5.41 Å². The zero-order valence-electron chi connectivity index (χ0n) is 13.6. The van der Waals surface area contributed by atoms with Crippen molar-refractivity contribution in [1.82, 2.24) is 4.90 Å². The lowest BCUT2D eigenvalue weighted by Gasteiger charge is -2.44. The van der Waals surface area contributed by atoms with Crippen LogP contribution in [0.2, 0.25) is 0 Å². The quantitative estimate of drug-likeness (QED) is 0.914. The zero-order valence-corrected chi connectivity index (χ0v) is 13.6. The average molecular weight is 289 g/mol. The van der Waals surface area contributed by atoms with Gasteiger partial charge >= 0.3 is 5.97 Å². The van der Waals surface area contributed by atoms with Gasteiger partial charge in [-0.05, 0) is 41.8 Å². The lowest BCUT2D eigenvalue weighted by molar-refractivity contribution is -0.151. The molecule has 0 saturated carbocycles. The van der Waals surface area contributed by atoms with Gasteiger partial charge in [0.05, 0.1) is 0 Å². The van der Waals surface area contributed by atoms with Crippen LogP contribution < -0.4 is 0 Å². The normalized spacial score (nSPS) is 22.4. The molecule has 0 spiro atoms. The Bertz CT molecular complexity index is 490. The van der Waals surface area contributed by atoms with Crippen LogP contribution in [0.3, 0.4) is 0 Å². The van der Waals surface area contributed by atoms with Crippen LogP contribution in [0.1, 0.15) is 57.6 Å². The van der Waals surface area contributed by atoms with Gasteiger partial charge in [-0.3, -0.25) is 9.69 Å². The van der Waals surface area contributed by atoms with Crippen LogP contribution in [-0.2, 0) is 11.3 Å². The van der Waals surface area contributed by atoms with Crippen LogP contribution in [0.25, 0.3) is 0 Å². The molecule has 1 atom stereocenters. The minimum atomic E-state index is -0.696. The van der Waals surface area contributed by atoms with Crippen LogP contribution in [0.4, 0.5) is 0 Å². The Balaban J connectivity index is 2.14. The molecule has 0 amide bonds. The molecule has 1 aromatic rings. The van der Waals surface area contributed by atoms with E-state index in [9.17, 15) is 9.90 Å². The van der Waals surface area contributed by atoms with E-state index in [2.05, 4.69) is 56.9 Å². The number of rotatable bonds is 4. The molecule has 1 unspecified atom stereocenters. The van der Waals surface area contributed by atoms with E-state index in [0.29, 0.717) is 5.92 Å². The number of carboxylic acids is 1. The number of carboxylic acid groups (broad SMARTS) is 1. The van der Waals surface area contributed by atoms with Gasteiger partial charge < -0.3 is 5.11 Å². The number of likely N-dealkylation sites (tertiary alicyclic amines) is 1. The molecular weight excluding hydrogens is 262 g/mol. The third kappa shape index (κ3) is 3.65. The summed E-state index contributed by atoms with van der Waals surface area (Å²) in [5.74, 6) is -0.168. The Morgan fingerprint density at radius 3 is 2.48 bits per heavy atom. The molecule has 1 aromatic carbocycles. The van der Waals surface area contributed by atoms with E-state index in [1.54, 1.807) is 0 Å². The lowest BCUT2D eigenvalue weighted by atomic mass is 9.76. The van der Waals surface area contributed by atoms with E-state index >= 15 is 0 Å². The van der Waals surface area contributed by atoms with Crippen molar-refractivity contribution in [1.29, 1.82) is 0 Å². The van der Waals surface area contributed by atoms with Crippen LogP contribution in [0.15, 0.2) is 24.3 Å². The highest BCUT2D eigenvalue weighted by atomic mass is 16.4. The van der Waals surface area contributed by atoms with Gasteiger partial charge in [-0.25, -0.2) is 0 Å². The maximum Gasteiger partial charge on any atom is 0.321 e. The third-order valence-electron chi connectivity index (χ3n) is 4.64. The van der Waals surface area contributed by atoms with E-state index < -0.39 is 12.0 Å². The van der Waals surface area contributed by atoms with Crippen LogP contribution >= 0.6 is 0 Å². The maximum absolute atomic E-state index is 11.7. The molecule has 0 aromatic heterocycles.